The van der Waals surface area contributed by atoms with E-state index >= 15 is 0 Å². The molecule has 0 heterocycles. The summed E-state index contributed by atoms with van der Waals surface area (Å²) < 4.78 is 0. The Morgan fingerprint density at radius 3 is 1.68 bits per heavy atom. The van der Waals surface area contributed by atoms with Crippen molar-refractivity contribution in [1.82, 2.24) is 0 Å². The number of hydrogen-bond acceptors (Lipinski definition) is 4. The van der Waals surface area contributed by atoms with E-state index in [1.807, 2.05) is 42.5 Å². The molecule has 0 N–H and O–H groups in total. The summed E-state index contributed by atoms with van der Waals surface area (Å²) in [6.07, 6.45) is 0.658. The van der Waals surface area contributed by atoms with Gasteiger partial charge in [-0.25, -0.2) is 0 Å². The first kappa shape index (κ1) is 26.5. The van der Waals surface area contributed by atoms with Gasteiger partial charge in [0.05, 0.1) is 0 Å². The van der Waals surface area contributed by atoms with Crippen LogP contribution < -0.4 is 0 Å². The van der Waals surface area contributed by atoms with E-state index in [9.17, 15) is 19.2 Å². The molecule has 0 bridgehead atoms. The molecule has 0 fully saturated rings. The van der Waals surface area contributed by atoms with Crippen LogP contribution in [0.25, 0.3) is 11.1 Å². The molecule has 0 radical (unpaired) electrons. The molecule has 0 saturated heterocycles. The zero-order valence-corrected chi connectivity index (χ0v) is 23.3. The number of benzene rings is 4. The summed E-state index contributed by atoms with van der Waals surface area (Å²) in [6, 6.07) is 27.2. The number of ketones is 4. The number of Topliss-reactive ketones (excluding diaryl/α,β-unsaturated/α-hetero) is 4. The first-order valence-electron chi connectivity index (χ1n) is 13.4. The molecular formula is C36H25ClO4. The molecule has 4 aromatic carbocycles. The van der Waals surface area contributed by atoms with E-state index in [4.69, 9.17) is 11.6 Å². The van der Waals surface area contributed by atoms with Crippen LogP contribution in [0.2, 0.25) is 5.02 Å². The van der Waals surface area contributed by atoms with E-state index in [2.05, 4.69) is 0 Å². The van der Waals surface area contributed by atoms with Gasteiger partial charge in [-0.05, 0) is 60.4 Å². The quantitative estimate of drug-likeness (QED) is 0.251. The fraction of sp³-hybridized carbons (Fsp3) is 0.111. The van der Waals surface area contributed by atoms with Crippen LogP contribution in [0.5, 0.6) is 0 Å². The Hall–Kier alpha value is -4.67. The lowest BCUT2D eigenvalue weighted by molar-refractivity contribution is 0.0973. The van der Waals surface area contributed by atoms with Crippen molar-refractivity contribution < 1.29 is 19.2 Å². The van der Waals surface area contributed by atoms with Crippen molar-refractivity contribution >= 4 is 34.7 Å². The Kier molecular flexibility index (Phi) is 6.72. The molecule has 0 unspecified atom stereocenters. The van der Waals surface area contributed by atoms with E-state index in [0.717, 1.165) is 22.3 Å². The van der Waals surface area contributed by atoms with Gasteiger partial charge in [0.2, 0.25) is 0 Å². The smallest absolute Gasteiger partial charge is 0.190 e. The van der Waals surface area contributed by atoms with Gasteiger partial charge >= 0.3 is 0 Å². The van der Waals surface area contributed by atoms with Gasteiger partial charge in [-0.3, -0.25) is 19.2 Å². The molecular weight excluding hydrogens is 532 g/mol. The summed E-state index contributed by atoms with van der Waals surface area (Å²) in [4.78, 5) is 53.1. The Morgan fingerprint density at radius 1 is 0.488 bits per heavy atom. The molecule has 0 spiro atoms. The van der Waals surface area contributed by atoms with Crippen LogP contribution >= 0.6 is 11.6 Å². The Morgan fingerprint density at radius 2 is 1.02 bits per heavy atom. The maximum Gasteiger partial charge on any atom is 0.190 e. The lowest BCUT2D eigenvalue weighted by atomic mass is 9.80. The van der Waals surface area contributed by atoms with Gasteiger partial charge in [-0.2, -0.15) is 0 Å². The molecule has 6 rings (SSSR count). The molecule has 200 valence electrons. The van der Waals surface area contributed by atoms with E-state index in [-0.39, 0.29) is 23.1 Å². The van der Waals surface area contributed by atoms with Crippen molar-refractivity contribution in [1.29, 1.82) is 0 Å². The monoisotopic (exact) mass is 556 g/mol. The highest BCUT2D eigenvalue weighted by atomic mass is 35.5. The van der Waals surface area contributed by atoms with E-state index in [1.54, 1.807) is 62.4 Å². The Labute approximate surface area is 243 Å². The van der Waals surface area contributed by atoms with Crippen LogP contribution in [-0.4, -0.2) is 23.1 Å². The van der Waals surface area contributed by atoms with Gasteiger partial charge in [0.1, 0.15) is 0 Å². The largest absolute Gasteiger partial charge is 0.289 e. The average molecular weight is 557 g/mol. The van der Waals surface area contributed by atoms with Crippen LogP contribution in [0, 0.1) is 0 Å². The average Bonchev–Trinajstić information content (AvgIpc) is 3.00. The zero-order valence-electron chi connectivity index (χ0n) is 22.6. The maximum atomic E-state index is 13.6. The first-order valence-corrected chi connectivity index (χ1v) is 13.8. The van der Waals surface area contributed by atoms with Crippen molar-refractivity contribution in [2.75, 3.05) is 0 Å². The standard InChI is InChI=1S/C36H25ClO4/c1-20-30(17-22-10-13-26(37)14-11-22)36(41)32-19-25(12-15-29(32)34(20)39)24-7-5-6-23(16-24)18-31-21(2)33(38)27-8-3-4-9-28(27)35(31)40/h3-16,19H,17-18H2,1-2H3. The van der Waals surface area contributed by atoms with Gasteiger partial charge in [0, 0.05) is 62.4 Å². The minimum atomic E-state index is -0.157. The van der Waals surface area contributed by atoms with Crippen LogP contribution in [0.15, 0.2) is 113 Å². The van der Waals surface area contributed by atoms with Crippen LogP contribution in [-0.2, 0) is 12.8 Å². The van der Waals surface area contributed by atoms with Gasteiger partial charge in [-0.15, -0.1) is 0 Å². The summed E-state index contributed by atoms with van der Waals surface area (Å²) in [5.74, 6) is -0.554. The Bertz CT molecular complexity index is 1870. The lowest BCUT2D eigenvalue weighted by Crippen LogP contribution is -2.22. The first-order chi connectivity index (χ1) is 19.7. The molecule has 0 aliphatic heterocycles. The van der Waals surface area contributed by atoms with Crippen molar-refractivity contribution in [3.05, 3.63) is 152 Å². The molecule has 0 atom stereocenters. The summed E-state index contributed by atoms with van der Waals surface area (Å²) in [5.41, 5.74) is 6.99. The zero-order chi connectivity index (χ0) is 28.8. The van der Waals surface area contributed by atoms with Crippen LogP contribution in [0.4, 0.5) is 0 Å². The molecule has 4 nitrogen and oxygen atoms in total. The maximum absolute atomic E-state index is 13.6. The fourth-order valence-electron chi connectivity index (χ4n) is 5.63. The number of carbonyl (C=O) groups is 4. The van der Waals surface area contributed by atoms with Gasteiger partial charge in [0.15, 0.2) is 23.1 Å². The molecule has 5 heteroatoms. The second-order valence-corrected chi connectivity index (χ2v) is 10.9. The minimum absolute atomic E-state index is 0.123. The number of halogens is 1. The highest BCUT2D eigenvalue weighted by molar-refractivity contribution is 6.30. The fourth-order valence-corrected chi connectivity index (χ4v) is 5.76. The molecule has 41 heavy (non-hydrogen) atoms. The van der Waals surface area contributed by atoms with E-state index < -0.39 is 0 Å². The highest BCUT2D eigenvalue weighted by Crippen LogP contribution is 2.33. The highest BCUT2D eigenvalue weighted by Gasteiger charge is 2.31. The van der Waals surface area contributed by atoms with Gasteiger partial charge in [0.25, 0.3) is 0 Å². The van der Waals surface area contributed by atoms with Crippen molar-refractivity contribution in [2.24, 2.45) is 0 Å². The summed E-state index contributed by atoms with van der Waals surface area (Å²) in [5, 5.41) is 0.610. The van der Waals surface area contributed by atoms with Crippen LogP contribution in [0.1, 0.15) is 66.4 Å². The SMILES string of the molecule is CC1=C(Cc2cccc(-c3ccc4c(c3)C(=O)C(Cc3ccc(Cl)cc3)=C(C)C4=O)c2)C(=O)c2ccccc2C1=O. The van der Waals surface area contributed by atoms with Crippen molar-refractivity contribution in [3.63, 3.8) is 0 Å². The summed E-state index contributed by atoms with van der Waals surface area (Å²) in [7, 11) is 0. The lowest BCUT2D eigenvalue weighted by Gasteiger charge is -2.21. The van der Waals surface area contributed by atoms with Gasteiger partial charge in [-0.1, -0.05) is 78.3 Å². The van der Waals surface area contributed by atoms with E-state index in [1.165, 1.54) is 0 Å². The van der Waals surface area contributed by atoms with Gasteiger partial charge < -0.3 is 0 Å². The third kappa shape index (κ3) is 4.71. The third-order valence-electron chi connectivity index (χ3n) is 8.00. The number of allylic oxidation sites excluding steroid dienone is 4. The molecule has 2 aliphatic carbocycles. The predicted molar refractivity (Wildman–Crippen MR) is 160 cm³/mol. The molecule has 2 aliphatic rings. The van der Waals surface area contributed by atoms with E-state index in [0.29, 0.717) is 62.4 Å². The molecule has 0 aromatic heterocycles. The molecule has 0 saturated carbocycles. The second kappa shape index (κ2) is 10.4. The molecule has 0 amide bonds. The van der Waals surface area contributed by atoms with Crippen molar-refractivity contribution in [2.45, 2.75) is 26.7 Å². The topological polar surface area (TPSA) is 68.3 Å². The third-order valence-corrected chi connectivity index (χ3v) is 8.25. The van der Waals surface area contributed by atoms with Crippen molar-refractivity contribution in [3.8, 4) is 11.1 Å². The predicted octanol–water partition coefficient (Wildman–Crippen LogP) is 7.88. The molecule has 4 aromatic rings. The Balaban J connectivity index is 1.31. The summed E-state index contributed by atoms with van der Waals surface area (Å²) in [6.45, 7) is 3.41. The normalized spacial score (nSPS) is 14.9. The number of rotatable bonds is 5. The van der Waals surface area contributed by atoms with Crippen LogP contribution in [0.3, 0.4) is 0 Å². The second-order valence-electron chi connectivity index (χ2n) is 10.5. The number of hydrogen-bond donors (Lipinski definition) is 0. The summed E-state index contributed by atoms with van der Waals surface area (Å²) >= 11 is 6.02. The minimum Gasteiger partial charge on any atom is -0.289 e. The number of carbonyl (C=O) groups excluding carboxylic acids is 4. The number of fused-ring (bicyclic) bond motifs is 2.